The molecule has 0 radical (unpaired) electrons. The Balaban J connectivity index is 1.97. The van der Waals surface area contributed by atoms with Gasteiger partial charge in [0.15, 0.2) is 0 Å². The van der Waals surface area contributed by atoms with Gasteiger partial charge < -0.3 is 10.6 Å². The highest BCUT2D eigenvalue weighted by Crippen LogP contribution is 2.34. The maximum absolute atomic E-state index is 12.9. The number of amides is 1. The maximum Gasteiger partial charge on any atom is 0.418 e. The summed E-state index contributed by atoms with van der Waals surface area (Å²) in [6.07, 6.45) is -1.13. The van der Waals surface area contributed by atoms with E-state index in [1.54, 1.807) is 31.0 Å². The average molecular weight is 326 g/mol. The Bertz CT molecular complexity index is 681. The first-order valence-electron chi connectivity index (χ1n) is 6.97. The summed E-state index contributed by atoms with van der Waals surface area (Å²) in [5.74, 6) is -0.495. The van der Waals surface area contributed by atoms with Crippen LogP contribution in [0, 0.1) is 0 Å². The highest BCUT2D eigenvalue weighted by molar-refractivity contribution is 5.92. The third kappa shape index (κ3) is 4.73. The fourth-order valence-electron chi connectivity index (χ4n) is 2.15. The van der Waals surface area contributed by atoms with E-state index in [1.807, 2.05) is 0 Å². The van der Waals surface area contributed by atoms with Crippen molar-refractivity contribution in [3.8, 4) is 0 Å². The number of benzene rings is 1. The fraction of sp³-hybridized carbons (Fsp3) is 0.333. The molecule has 0 fully saturated rings. The maximum atomic E-state index is 12.9. The van der Waals surface area contributed by atoms with Crippen molar-refractivity contribution < 1.29 is 18.0 Å². The van der Waals surface area contributed by atoms with E-state index in [1.165, 1.54) is 18.2 Å². The Kier molecular flexibility index (Phi) is 4.92. The van der Waals surface area contributed by atoms with Crippen LogP contribution in [0.4, 0.5) is 24.5 Å². The van der Waals surface area contributed by atoms with Crippen LogP contribution in [0.25, 0.3) is 0 Å². The molecule has 1 aromatic heterocycles. The van der Waals surface area contributed by atoms with Crippen LogP contribution in [0.2, 0.25) is 0 Å². The molecule has 0 unspecified atom stereocenters. The summed E-state index contributed by atoms with van der Waals surface area (Å²) in [6.45, 7) is 1.77. The van der Waals surface area contributed by atoms with Crippen molar-refractivity contribution in [3.63, 3.8) is 0 Å². The van der Waals surface area contributed by atoms with Gasteiger partial charge in [0.25, 0.3) is 0 Å². The third-order valence-electron chi connectivity index (χ3n) is 3.12. The van der Waals surface area contributed by atoms with Crippen LogP contribution in [0.5, 0.6) is 0 Å². The van der Waals surface area contributed by atoms with Crippen LogP contribution >= 0.6 is 0 Å². The summed E-state index contributed by atoms with van der Waals surface area (Å²) in [5, 5.41) is 9.36. The molecule has 8 heteroatoms. The highest BCUT2D eigenvalue weighted by atomic mass is 19.4. The number of alkyl halides is 3. The second-order valence-electron chi connectivity index (χ2n) is 5.24. The molecule has 2 rings (SSSR count). The summed E-state index contributed by atoms with van der Waals surface area (Å²) in [6, 6.07) is 4.65. The molecule has 0 bridgehead atoms. The normalized spacial score (nSPS) is 12.7. The van der Waals surface area contributed by atoms with Crippen LogP contribution in [0.15, 0.2) is 36.7 Å². The zero-order chi connectivity index (χ0) is 17.0. The fourth-order valence-corrected chi connectivity index (χ4v) is 2.15. The standard InChI is InChI=1S/C15H17F3N4O/c1-10(20-11-8-19-22(2)9-11)7-14(23)21-13-6-4-3-5-12(13)15(16,17)18/h3-6,8-10,20H,7H2,1-2H3,(H,21,23)/t10-/m1/s1. The molecule has 1 amide bonds. The molecule has 0 saturated heterocycles. The molecule has 5 nitrogen and oxygen atoms in total. The van der Waals surface area contributed by atoms with Gasteiger partial charge in [-0.25, -0.2) is 0 Å². The van der Waals surface area contributed by atoms with E-state index >= 15 is 0 Å². The first kappa shape index (κ1) is 16.9. The summed E-state index contributed by atoms with van der Waals surface area (Å²) < 4.78 is 40.2. The minimum Gasteiger partial charge on any atom is -0.380 e. The molecule has 0 spiro atoms. The number of hydrogen-bond donors (Lipinski definition) is 2. The van der Waals surface area contributed by atoms with Crippen molar-refractivity contribution in [1.82, 2.24) is 9.78 Å². The Morgan fingerprint density at radius 3 is 2.65 bits per heavy atom. The molecule has 0 aliphatic carbocycles. The lowest BCUT2D eigenvalue weighted by atomic mass is 10.1. The predicted octanol–water partition coefficient (Wildman–Crippen LogP) is 3.27. The molecule has 1 atom stereocenters. The minimum atomic E-state index is -4.51. The highest BCUT2D eigenvalue weighted by Gasteiger charge is 2.33. The number of carbonyl (C=O) groups is 1. The molecule has 2 N–H and O–H groups in total. The van der Waals surface area contributed by atoms with Crippen molar-refractivity contribution in [2.75, 3.05) is 10.6 Å². The number of rotatable bonds is 5. The SMILES string of the molecule is C[C@H](CC(=O)Nc1ccccc1C(F)(F)F)Nc1cnn(C)c1. The number of hydrogen-bond acceptors (Lipinski definition) is 3. The molecular weight excluding hydrogens is 309 g/mol. The first-order valence-corrected chi connectivity index (χ1v) is 6.97. The summed E-state index contributed by atoms with van der Waals surface area (Å²) in [7, 11) is 1.76. The van der Waals surface area contributed by atoms with Crippen molar-refractivity contribution in [3.05, 3.63) is 42.2 Å². The van der Waals surface area contributed by atoms with E-state index in [9.17, 15) is 18.0 Å². The van der Waals surface area contributed by atoms with Crippen LogP contribution < -0.4 is 10.6 Å². The largest absolute Gasteiger partial charge is 0.418 e. The van der Waals surface area contributed by atoms with Gasteiger partial charge >= 0.3 is 6.18 Å². The van der Waals surface area contributed by atoms with E-state index < -0.39 is 17.6 Å². The van der Waals surface area contributed by atoms with Gasteiger partial charge in [-0.15, -0.1) is 0 Å². The van der Waals surface area contributed by atoms with E-state index in [4.69, 9.17) is 0 Å². The van der Waals surface area contributed by atoms with Crippen LogP contribution in [0.1, 0.15) is 18.9 Å². The number of anilines is 2. The zero-order valence-corrected chi connectivity index (χ0v) is 12.7. The Hall–Kier alpha value is -2.51. The molecule has 0 aliphatic heterocycles. The van der Waals surface area contributed by atoms with E-state index in [2.05, 4.69) is 15.7 Å². The van der Waals surface area contributed by atoms with Crippen molar-refractivity contribution in [1.29, 1.82) is 0 Å². The minimum absolute atomic E-state index is 0.0289. The van der Waals surface area contributed by atoms with Gasteiger partial charge in [-0.1, -0.05) is 12.1 Å². The van der Waals surface area contributed by atoms with Gasteiger partial charge in [-0.05, 0) is 19.1 Å². The third-order valence-corrected chi connectivity index (χ3v) is 3.12. The summed E-state index contributed by atoms with van der Waals surface area (Å²) in [5.41, 5.74) is -0.358. The van der Waals surface area contributed by atoms with Crippen molar-refractivity contribution in [2.24, 2.45) is 7.05 Å². The molecule has 0 saturated carbocycles. The summed E-state index contributed by atoms with van der Waals surface area (Å²) >= 11 is 0. The van der Waals surface area contributed by atoms with Crippen LogP contribution in [0.3, 0.4) is 0 Å². The van der Waals surface area contributed by atoms with Crippen molar-refractivity contribution in [2.45, 2.75) is 25.6 Å². The van der Waals surface area contributed by atoms with Gasteiger partial charge in [0.1, 0.15) is 0 Å². The van der Waals surface area contributed by atoms with Gasteiger partial charge in [-0.2, -0.15) is 18.3 Å². The van der Waals surface area contributed by atoms with E-state index in [0.29, 0.717) is 0 Å². The van der Waals surface area contributed by atoms with Gasteiger partial charge in [0.05, 0.1) is 23.1 Å². The smallest absolute Gasteiger partial charge is 0.380 e. The number of carbonyl (C=O) groups excluding carboxylic acids is 1. The molecule has 1 heterocycles. The lowest BCUT2D eigenvalue weighted by Crippen LogP contribution is -2.24. The number of aromatic nitrogens is 2. The van der Waals surface area contributed by atoms with E-state index in [-0.39, 0.29) is 18.2 Å². The topological polar surface area (TPSA) is 59.0 Å². The predicted molar refractivity (Wildman–Crippen MR) is 81.0 cm³/mol. The Morgan fingerprint density at radius 2 is 2.04 bits per heavy atom. The second-order valence-corrected chi connectivity index (χ2v) is 5.24. The molecular formula is C15H17F3N4O. The number of nitrogens with zero attached hydrogens (tertiary/aromatic N) is 2. The van der Waals surface area contributed by atoms with Crippen molar-refractivity contribution >= 4 is 17.3 Å². The number of para-hydroxylation sites is 1. The number of halogens is 3. The van der Waals surface area contributed by atoms with Crippen LogP contribution in [-0.2, 0) is 18.0 Å². The lowest BCUT2D eigenvalue weighted by Gasteiger charge is -2.16. The monoisotopic (exact) mass is 326 g/mol. The second kappa shape index (κ2) is 6.72. The lowest BCUT2D eigenvalue weighted by molar-refractivity contribution is -0.137. The molecule has 0 aliphatic rings. The number of nitrogens with one attached hydrogen (secondary N) is 2. The van der Waals surface area contributed by atoms with Gasteiger partial charge in [0, 0.05) is 25.7 Å². The summed E-state index contributed by atoms with van der Waals surface area (Å²) in [4.78, 5) is 12.0. The Morgan fingerprint density at radius 1 is 1.35 bits per heavy atom. The Labute approximate surface area is 131 Å². The van der Waals surface area contributed by atoms with Gasteiger partial charge in [0.2, 0.25) is 5.91 Å². The van der Waals surface area contributed by atoms with E-state index in [0.717, 1.165) is 11.8 Å². The molecule has 2 aromatic rings. The quantitative estimate of drug-likeness (QED) is 0.886. The average Bonchev–Trinajstić information content (AvgIpc) is 2.83. The van der Waals surface area contributed by atoms with Gasteiger partial charge in [-0.3, -0.25) is 9.48 Å². The molecule has 23 heavy (non-hydrogen) atoms. The first-order chi connectivity index (χ1) is 10.8. The zero-order valence-electron chi connectivity index (χ0n) is 12.7. The molecule has 1 aromatic carbocycles. The molecule has 124 valence electrons. The number of aryl methyl sites for hydroxylation is 1. The van der Waals surface area contributed by atoms with Crippen LogP contribution in [-0.4, -0.2) is 21.7 Å².